The van der Waals surface area contributed by atoms with Crippen molar-refractivity contribution in [2.75, 3.05) is 43.0 Å². The predicted molar refractivity (Wildman–Crippen MR) is 115 cm³/mol. The molecular formula is C22H23FN4O5. The number of anilines is 2. The molecular weight excluding hydrogens is 419 g/mol. The van der Waals surface area contributed by atoms with E-state index in [0.717, 1.165) is 18.5 Å². The van der Waals surface area contributed by atoms with Crippen molar-refractivity contribution in [2.45, 2.75) is 18.9 Å². The number of halogens is 1. The molecule has 9 nitrogen and oxygen atoms in total. The maximum absolute atomic E-state index is 13.1. The first-order valence-corrected chi connectivity index (χ1v) is 10.4. The van der Waals surface area contributed by atoms with Crippen LogP contribution in [0.4, 0.5) is 21.5 Å². The van der Waals surface area contributed by atoms with Crippen LogP contribution in [0, 0.1) is 15.9 Å². The molecule has 0 radical (unpaired) electrons. The van der Waals surface area contributed by atoms with E-state index in [2.05, 4.69) is 5.32 Å². The van der Waals surface area contributed by atoms with Crippen molar-refractivity contribution >= 4 is 28.9 Å². The van der Waals surface area contributed by atoms with Crippen LogP contribution in [0.3, 0.4) is 0 Å². The van der Waals surface area contributed by atoms with E-state index in [4.69, 9.17) is 4.74 Å². The summed E-state index contributed by atoms with van der Waals surface area (Å²) in [6.45, 7) is 1.60. The summed E-state index contributed by atoms with van der Waals surface area (Å²) in [5.41, 5.74) is 1.07. The van der Waals surface area contributed by atoms with Crippen LogP contribution in [-0.2, 0) is 9.53 Å². The zero-order valence-corrected chi connectivity index (χ0v) is 17.3. The van der Waals surface area contributed by atoms with Gasteiger partial charge in [0.1, 0.15) is 11.5 Å². The second-order valence-corrected chi connectivity index (χ2v) is 7.83. The predicted octanol–water partition coefficient (Wildman–Crippen LogP) is 2.81. The van der Waals surface area contributed by atoms with Crippen LogP contribution >= 0.6 is 0 Å². The number of rotatable bonds is 7. The van der Waals surface area contributed by atoms with Gasteiger partial charge >= 0.3 is 5.97 Å². The van der Waals surface area contributed by atoms with E-state index in [1.54, 1.807) is 17.0 Å². The molecule has 4 rings (SSSR count). The van der Waals surface area contributed by atoms with Gasteiger partial charge in [-0.1, -0.05) is 0 Å². The molecule has 10 heteroatoms. The maximum Gasteiger partial charge on any atom is 0.338 e. The molecule has 0 unspecified atom stereocenters. The number of ether oxygens (including phenoxy) is 1. The Balaban J connectivity index is 1.29. The number of hydrogen-bond donors (Lipinski definition) is 1. The Morgan fingerprint density at radius 3 is 2.41 bits per heavy atom. The highest BCUT2D eigenvalue weighted by Gasteiger charge is 2.26. The van der Waals surface area contributed by atoms with Crippen molar-refractivity contribution < 1.29 is 23.6 Å². The SMILES string of the molecule is O=C(OCC(=O)N1CCN(c2ccc(F)cc2)CC1)c1ccc(NC2CC2)c([N+](=O)[O-])c1. The van der Waals surface area contributed by atoms with Crippen molar-refractivity contribution in [3.05, 3.63) is 64.0 Å². The van der Waals surface area contributed by atoms with Crippen LogP contribution in [0.2, 0.25) is 0 Å². The molecule has 1 saturated carbocycles. The van der Waals surface area contributed by atoms with Crippen LogP contribution in [0.5, 0.6) is 0 Å². The third kappa shape index (κ3) is 5.13. The minimum absolute atomic E-state index is 0.0203. The van der Waals surface area contributed by atoms with Crippen LogP contribution in [0.25, 0.3) is 0 Å². The number of nitro groups is 1. The molecule has 1 aliphatic heterocycles. The van der Waals surface area contributed by atoms with Gasteiger partial charge in [-0.05, 0) is 49.2 Å². The second-order valence-electron chi connectivity index (χ2n) is 7.83. The highest BCUT2D eigenvalue weighted by molar-refractivity contribution is 5.93. The molecule has 1 aliphatic carbocycles. The van der Waals surface area contributed by atoms with Gasteiger partial charge in [0.15, 0.2) is 6.61 Å². The Bertz CT molecular complexity index is 1020. The van der Waals surface area contributed by atoms with Gasteiger partial charge in [-0.15, -0.1) is 0 Å². The van der Waals surface area contributed by atoms with Gasteiger partial charge < -0.3 is 19.9 Å². The van der Waals surface area contributed by atoms with Crippen molar-refractivity contribution in [1.29, 1.82) is 0 Å². The summed E-state index contributed by atoms with van der Waals surface area (Å²) in [4.78, 5) is 39.2. The number of carbonyl (C=O) groups excluding carboxylic acids is 2. The third-order valence-corrected chi connectivity index (χ3v) is 5.52. The number of esters is 1. The minimum Gasteiger partial charge on any atom is -0.452 e. The zero-order valence-electron chi connectivity index (χ0n) is 17.3. The lowest BCUT2D eigenvalue weighted by atomic mass is 10.1. The minimum atomic E-state index is -0.788. The number of carbonyl (C=O) groups is 2. The Kier molecular flexibility index (Phi) is 6.20. The van der Waals surface area contributed by atoms with E-state index in [1.807, 2.05) is 4.90 Å². The van der Waals surface area contributed by atoms with E-state index in [0.29, 0.717) is 31.9 Å². The molecule has 168 valence electrons. The molecule has 0 atom stereocenters. The maximum atomic E-state index is 13.1. The molecule has 1 N–H and O–H groups in total. The fourth-order valence-electron chi connectivity index (χ4n) is 3.55. The first-order valence-electron chi connectivity index (χ1n) is 10.4. The summed E-state index contributed by atoms with van der Waals surface area (Å²) >= 11 is 0. The summed E-state index contributed by atoms with van der Waals surface area (Å²) in [7, 11) is 0. The van der Waals surface area contributed by atoms with Gasteiger partial charge in [0.05, 0.1) is 10.5 Å². The first-order chi connectivity index (χ1) is 15.4. The highest BCUT2D eigenvalue weighted by atomic mass is 19.1. The van der Waals surface area contributed by atoms with E-state index in [9.17, 15) is 24.1 Å². The average molecular weight is 442 g/mol. The van der Waals surface area contributed by atoms with E-state index >= 15 is 0 Å². The Morgan fingerprint density at radius 1 is 1.09 bits per heavy atom. The number of nitrogens with zero attached hydrogens (tertiary/aromatic N) is 3. The molecule has 32 heavy (non-hydrogen) atoms. The molecule has 1 heterocycles. The first kappa shape index (κ1) is 21.5. The lowest BCUT2D eigenvalue weighted by Gasteiger charge is -2.36. The number of nitrogens with one attached hydrogen (secondary N) is 1. The summed E-state index contributed by atoms with van der Waals surface area (Å²) < 4.78 is 18.2. The summed E-state index contributed by atoms with van der Waals surface area (Å²) in [6, 6.07) is 10.5. The third-order valence-electron chi connectivity index (χ3n) is 5.52. The van der Waals surface area contributed by atoms with Gasteiger partial charge in [-0.3, -0.25) is 14.9 Å². The molecule has 2 aromatic carbocycles. The topological polar surface area (TPSA) is 105 Å². The number of amides is 1. The van der Waals surface area contributed by atoms with Crippen molar-refractivity contribution in [2.24, 2.45) is 0 Å². The molecule has 0 spiro atoms. The number of hydrogen-bond acceptors (Lipinski definition) is 7. The fourth-order valence-corrected chi connectivity index (χ4v) is 3.55. The van der Waals surface area contributed by atoms with Crippen LogP contribution in [-0.4, -0.2) is 60.5 Å². The number of nitro benzene ring substituents is 1. The monoisotopic (exact) mass is 442 g/mol. The largest absolute Gasteiger partial charge is 0.452 e. The molecule has 0 bridgehead atoms. The standard InChI is InChI=1S/C22H23FN4O5/c23-16-2-6-18(7-3-16)25-9-11-26(12-10-25)21(28)14-32-22(29)15-1-8-19(24-17-4-5-17)20(13-15)27(30)31/h1-3,6-8,13,17,24H,4-5,9-12,14H2. The zero-order chi connectivity index (χ0) is 22.7. The smallest absolute Gasteiger partial charge is 0.338 e. The molecule has 1 saturated heterocycles. The number of benzene rings is 2. The van der Waals surface area contributed by atoms with E-state index in [1.165, 1.54) is 30.3 Å². The average Bonchev–Trinajstić information content (AvgIpc) is 3.62. The van der Waals surface area contributed by atoms with Gasteiger partial charge in [-0.25, -0.2) is 9.18 Å². The summed E-state index contributed by atoms with van der Waals surface area (Å²) in [6.07, 6.45) is 1.92. The van der Waals surface area contributed by atoms with Crippen molar-refractivity contribution in [3.8, 4) is 0 Å². The molecule has 0 aromatic heterocycles. The van der Waals surface area contributed by atoms with Crippen molar-refractivity contribution in [1.82, 2.24) is 4.90 Å². The second kappa shape index (κ2) is 9.21. The Hall–Kier alpha value is -3.69. The number of piperazine rings is 1. The molecule has 2 aliphatic rings. The Labute approximate surface area is 183 Å². The normalized spacial score (nSPS) is 15.9. The lowest BCUT2D eigenvalue weighted by Crippen LogP contribution is -2.49. The lowest BCUT2D eigenvalue weighted by molar-refractivity contribution is -0.384. The van der Waals surface area contributed by atoms with E-state index in [-0.39, 0.29) is 29.0 Å². The molecule has 1 amide bonds. The van der Waals surface area contributed by atoms with Gasteiger partial charge in [-0.2, -0.15) is 0 Å². The molecule has 2 aromatic rings. The Morgan fingerprint density at radius 2 is 1.78 bits per heavy atom. The van der Waals surface area contributed by atoms with Gasteiger partial charge in [0, 0.05) is 44.0 Å². The van der Waals surface area contributed by atoms with Crippen LogP contribution < -0.4 is 10.2 Å². The van der Waals surface area contributed by atoms with E-state index < -0.39 is 17.5 Å². The van der Waals surface area contributed by atoms with Crippen LogP contribution in [0.1, 0.15) is 23.2 Å². The van der Waals surface area contributed by atoms with Crippen molar-refractivity contribution in [3.63, 3.8) is 0 Å². The van der Waals surface area contributed by atoms with Gasteiger partial charge in [0.25, 0.3) is 11.6 Å². The van der Waals surface area contributed by atoms with Gasteiger partial charge in [0.2, 0.25) is 0 Å². The fraction of sp³-hybridized carbons (Fsp3) is 0.364. The summed E-state index contributed by atoms with van der Waals surface area (Å²) in [5.74, 6) is -1.42. The van der Waals surface area contributed by atoms with Crippen LogP contribution in [0.15, 0.2) is 42.5 Å². The quantitative estimate of drug-likeness (QED) is 0.399. The highest BCUT2D eigenvalue weighted by Crippen LogP contribution is 2.31. The summed E-state index contributed by atoms with van der Waals surface area (Å²) in [5, 5.41) is 14.4. The molecule has 2 fully saturated rings.